The van der Waals surface area contributed by atoms with Crippen LogP contribution in [0.2, 0.25) is 0 Å². The van der Waals surface area contributed by atoms with Gasteiger partial charge in [0, 0.05) is 38.1 Å². The van der Waals surface area contributed by atoms with Crippen LogP contribution in [0.4, 0.5) is 10.5 Å². The van der Waals surface area contributed by atoms with Crippen molar-refractivity contribution in [2.75, 3.05) is 25.0 Å². The Balaban J connectivity index is 1.53. The average Bonchev–Trinajstić information content (AvgIpc) is 3.02. The van der Waals surface area contributed by atoms with Gasteiger partial charge in [0.15, 0.2) is 5.65 Å². The molecule has 0 aliphatic carbocycles. The van der Waals surface area contributed by atoms with Crippen molar-refractivity contribution >= 4 is 22.8 Å². The monoisotopic (exact) mass is 359 g/mol. The number of piperidine rings is 1. The van der Waals surface area contributed by atoms with Gasteiger partial charge in [0.05, 0.1) is 11.6 Å². The van der Waals surface area contributed by atoms with Crippen molar-refractivity contribution in [3.8, 4) is 0 Å². The van der Waals surface area contributed by atoms with Crippen molar-refractivity contribution in [3.05, 3.63) is 18.5 Å². The Labute approximate surface area is 154 Å². The molecule has 3 heterocycles. The van der Waals surface area contributed by atoms with Gasteiger partial charge in [0.1, 0.15) is 5.60 Å². The van der Waals surface area contributed by atoms with E-state index in [1.54, 1.807) is 0 Å². The van der Waals surface area contributed by atoms with Crippen molar-refractivity contribution in [2.45, 2.75) is 52.7 Å². The molecular weight excluding hydrogens is 330 g/mol. The summed E-state index contributed by atoms with van der Waals surface area (Å²) in [6.07, 6.45) is 5.46. The Morgan fingerprint density at radius 2 is 2.08 bits per heavy atom. The number of anilines is 1. The van der Waals surface area contributed by atoms with Crippen LogP contribution in [0.25, 0.3) is 11.0 Å². The largest absolute Gasteiger partial charge is 0.444 e. The first-order chi connectivity index (χ1) is 12.4. The molecule has 0 bridgehead atoms. The Bertz CT molecular complexity index is 757. The van der Waals surface area contributed by atoms with Crippen LogP contribution in [0, 0.1) is 5.92 Å². The molecule has 0 unspecified atom stereocenters. The van der Waals surface area contributed by atoms with E-state index in [2.05, 4.69) is 22.3 Å². The number of aryl methyl sites for hydroxylation is 1. The summed E-state index contributed by atoms with van der Waals surface area (Å²) in [5, 5.41) is 8.99. The lowest BCUT2D eigenvalue weighted by molar-refractivity contribution is 0.0188. The fourth-order valence-corrected chi connectivity index (χ4v) is 3.26. The molecule has 142 valence electrons. The number of nitrogens with zero attached hydrogens (tertiary/aromatic N) is 4. The minimum atomic E-state index is -0.439. The molecule has 7 nitrogen and oxygen atoms in total. The lowest BCUT2D eigenvalue weighted by Crippen LogP contribution is -2.42. The van der Waals surface area contributed by atoms with Crippen molar-refractivity contribution in [3.63, 3.8) is 0 Å². The molecule has 1 aliphatic heterocycles. The predicted molar refractivity (Wildman–Crippen MR) is 102 cm³/mol. The molecule has 0 aromatic carbocycles. The summed E-state index contributed by atoms with van der Waals surface area (Å²) in [4.78, 5) is 18.4. The number of carbonyl (C=O) groups excluding carboxylic acids is 1. The van der Waals surface area contributed by atoms with E-state index in [1.807, 2.05) is 48.8 Å². The second kappa shape index (κ2) is 7.51. The average molecular weight is 359 g/mol. The maximum Gasteiger partial charge on any atom is 0.410 e. The van der Waals surface area contributed by atoms with Gasteiger partial charge in [-0.05, 0) is 52.5 Å². The molecule has 1 amide bonds. The number of pyridine rings is 1. The normalized spacial score (nSPS) is 16.1. The number of nitrogens with one attached hydrogen (secondary N) is 1. The van der Waals surface area contributed by atoms with Crippen LogP contribution in [0.15, 0.2) is 18.5 Å². The number of ether oxygens (including phenoxy) is 1. The van der Waals surface area contributed by atoms with E-state index in [9.17, 15) is 4.79 Å². The molecule has 26 heavy (non-hydrogen) atoms. The first-order valence-electron chi connectivity index (χ1n) is 9.39. The van der Waals surface area contributed by atoms with Crippen LogP contribution in [0.1, 0.15) is 40.5 Å². The van der Waals surface area contributed by atoms with Gasteiger partial charge in [-0.3, -0.25) is 0 Å². The zero-order valence-corrected chi connectivity index (χ0v) is 16.2. The van der Waals surface area contributed by atoms with Crippen molar-refractivity contribution in [1.29, 1.82) is 0 Å². The second-order valence-corrected chi connectivity index (χ2v) is 7.85. The van der Waals surface area contributed by atoms with Gasteiger partial charge in [-0.15, -0.1) is 0 Å². The molecule has 1 aliphatic rings. The minimum Gasteiger partial charge on any atom is -0.444 e. The number of likely N-dealkylation sites (tertiary alicyclic amines) is 1. The lowest BCUT2D eigenvalue weighted by Gasteiger charge is -2.33. The van der Waals surface area contributed by atoms with Gasteiger partial charge in [0.2, 0.25) is 0 Å². The first-order valence-corrected chi connectivity index (χ1v) is 9.39. The van der Waals surface area contributed by atoms with E-state index in [0.717, 1.165) is 55.7 Å². The molecular formula is C19H29N5O2. The number of hydrogen-bond acceptors (Lipinski definition) is 5. The van der Waals surface area contributed by atoms with E-state index >= 15 is 0 Å². The Morgan fingerprint density at radius 3 is 2.73 bits per heavy atom. The number of carbonyl (C=O) groups is 1. The third-order valence-electron chi connectivity index (χ3n) is 4.69. The van der Waals surface area contributed by atoms with Crippen molar-refractivity contribution in [2.24, 2.45) is 5.92 Å². The number of fused-ring (bicyclic) bond motifs is 1. The molecule has 0 spiro atoms. The van der Waals surface area contributed by atoms with Crippen LogP contribution in [-0.2, 0) is 11.3 Å². The fraction of sp³-hybridized carbons (Fsp3) is 0.632. The summed E-state index contributed by atoms with van der Waals surface area (Å²) in [5.41, 5.74) is 1.55. The summed E-state index contributed by atoms with van der Waals surface area (Å²) in [6, 6.07) is 2.00. The number of hydrogen-bond donors (Lipinski definition) is 1. The number of aromatic nitrogens is 3. The van der Waals surface area contributed by atoms with Crippen LogP contribution >= 0.6 is 0 Å². The summed E-state index contributed by atoms with van der Waals surface area (Å²) in [6.45, 7) is 11.0. The number of rotatable bonds is 4. The predicted octanol–water partition coefficient (Wildman–Crippen LogP) is 3.51. The Kier molecular flexibility index (Phi) is 5.34. The van der Waals surface area contributed by atoms with Gasteiger partial charge >= 0.3 is 6.09 Å². The van der Waals surface area contributed by atoms with Crippen molar-refractivity contribution < 1.29 is 9.53 Å². The van der Waals surface area contributed by atoms with Crippen LogP contribution in [-0.4, -0.2) is 51.0 Å². The smallest absolute Gasteiger partial charge is 0.410 e. The molecule has 1 saturated heterocycles. The summed E-state index contributed by atoms with van der Waals surface area (Å²) < 4.78 is 7.36. The van der Waals surface area contributed by atoms with Gasteiger partial charge in [-0.25, -0.2) is 14.5 Å². The second-order valence-electron chi connectivity index (χ2n) is 7.85. The van der Waals surface area contributed by atoms with Crippen LogP contribution in [0.3, 0.4) is 0 Å². The molecule has 7 heteroatoms. The SMILES string of the molecule is CCn1ncc2c(NCC3CCN(C(=O)OC(C)(C)C)CC3)ccnc21. The molecule has 0 radical (unpaired) electrons. The van der Waals surface area contributed by atoms with Gasteiger partial charge in [-0.1, -0.05) is 0 Å². The third-order valence-corrected chi connectivity index (χ3v) is 4.69. The first kappa shape index (κ1) is 18.5. The molecule has 2 aromatic rings. The Hall–Kier alpha value is -2.31. The van der Waals surface area contributed by atoms with E-state index < -0.39 is 5.60 Å². The third kappa shape index (κ3) is 4.26. The number of amides is 1. The lowest BCUT2D eigenvalue weighted by atomic mass is 9.97. The highest BCUT2D eigenvalue weighted by atomic mass is 16.6. The van der Waals surface area contributed by atoms with E-state index in [-0.39, 0.29) is 6.09 Å². The van der Waals surface area contributed by atoms with E-state index in [4.69, 9.17) is 4.74 Å². The van der Waals surface area contributed by atoms with E-state index in [1.165, 1.54) is 0 Å². The highest BCUT2D eigenvalue weighted by molar-refractivity contribution is 5.88. The molecule has 1 fully saturated rings. The molecule has 0 atom stereocenters. The molecule has 1 N–H and O–H groups in total. The maximum absolute atomic E-state index is 12.1. The van der Waals surface area contributed by atoms with Gasteiger partial charge in [0.25, 0.3) is 0 Å². The van der Waals surface area contributed by atoms with Gasteiger partial charge < -0.3 is 15.0 Å². The fourth-order valence-electron chi connectivity index (χ4n) is 3.26. The van der Waals surface area contributed by atoms with Crippen LogP contribution < -0.4 is 5.32 Å². The topological polar surface area (TPSA) is 72.3 Å². The van der Waals surface area contributed by atoms with Crippen LogP contribution in [0.5, 0.6) is 0 Å². The zero-order valence-electron chi connectivity index (χ0n) is 16.2. The van der Waals surface area contributed by atoms with Crippen molar-refractivity contribution in [1.82, 2.24) is 19.7 Å². The van der Waals surface area contributed by atoms with Gasteiger partial charge in [-0.2, -0.15) is 5.10 Å². The highest BCUT2D eigenvalue weighted by Crippen LogP contribution is 2.24. The summed E-state index contributed by atoms with van der Waals surface area (Å²) >= 11 is 0. The quantitative estimate of drug-likeness (QED) is 0.904. The maximum atomic E-state index is 12.1. The molecule has 3 rings (SSSR count). The summed E-state index contributed by atoms with van der Waals surface area (Å²) in [7, 11) is 0. The summed E-state index contributed by atoms with van der Waals surface area (Å²) in [5.74, 6) is 0.540. The Morgan fingerprint density at radius 1 is 1.35 bits per heavy atom. The van der Waals surface area contributed by atoms with E-state index in [0.29, 0.717) is 5.92 Å². The molecule has 0 saturated carbocycles. The zero-order chi connectivity index (χ0) is 18.7. The molecule has 2 aromatic heterocycles. The highest BCUT2D eigenvalue weighted by Gasteiger charge is 2.26. The minimum absolute atomic E-state index is 0.202. The standard InChI is InChI=1S/C19H29N5O2/c1-5-24-17-15(13-22-24)16(6-9-20-17)21-12-14-7-10-23(11-8-14)18(25)26-19(2,3)4/h6,9,13-14H,5,7-8,10-12H2,1-4H3,(H,20,21).